The van der Waals surface area contributed by atoms with Gasteiger partial charge in [0.25, 0.3) is 0 Å². The number of carbonyl (C=O) groups is 2. The molecule has 0 saturated heterocycles. The van der Waals surface area contributed by atoms with Crippen molar-refractivity contribution in [3.05, 3.63) is 182 Å². The number of nitrogens with zero attached hydrogens (tertiary/aromatic N) is 3. The molecule has 1 aliphatic carbocycles. The Labute approximate surface area is 409 Å². The summed E-state index contributed by atoms with van der Waals surface area (Å²) in [5.74, 6) is 3.01. The molecule has 0 atom stereocenters. The summed E-state index contributed by atoms with van der Waals surface area (Å²) in [5.41, 5.74) is 3.53. The fraction of sp³-hybridized carbons (Fsp3) is 0.167. The van der Waals surface area contributed by atoms with Gasteiger partial charge < -0.3 is 33.5 Å². The SMILES string of the molecule is COc1c2cnccc2c(OC)c2sc(CO)cc12.COc1c2cnccc2c(OC)c2sc(COCc3ccccc3)cc12.O=C1c2cnccc2C(=O)c2sc(COCc3ccccc3)cc21. The number of benzene rings is 4. The first-order chi connectivity index (χ1) is 33.8. The predicted octanol–water partition coefficient (Wildman–Crippen LogP) is 11.8. The Morgan fingerprint density at radius 3 is 1.45 bits per heavy atom. The van der Waals surface area contributed by atoms with Crippen LogP contribution in [0.15, 0.2) is 134 Å². The van der Waals surface area contributed by atoms with Crippen molar-refractivity contribution in [3.63, 3.8) is 0 Å². The van der Waals surface area contributed by atoms with Crippen molar-refractivity contribution in [3.8, 4) is 23.0 Å². The van der Waals surface area contributed by atoms with Crippen LogP contribution in [-0.4, -0.2) is 60.1 Å². The lowest BCUT2D eigenvalue weighted by atomic mass is 9.90. The lowest BCUT2D eigenvalue weighted by Crippen LogP contribution is -2.18. The van der Waals surface area contributed by atoms with Gasteiger partial charge >= 0.3 is 0 Å². The third-order valence-corrected chi connectivity index (χ3v) is 14.7. The monoisotopic (exact) mass is 975 g/mol. The number of rotatable bonds is 13. The molecule has 0 radical (unpaired) electrons. The Kier molecular flexibility index (Phi) is 14.6. The Hall–Kier alpha value is -7.11. The molecule has 69 heavy (non-hydrogen) atoms. The van der Waals surface area contributed by atoms with E-state index in [1.165, 1.54) is 40.6 Å². The van der Waals surface area contributed by atoms with E-state index in [1.54, 1.807) is 70.5 Å². The van der Waals surface area contributed by atoms with Crippen LogP contribution in [0.5, 0.6) is 23.0 Å². The highest BCUT2D eigenvalue weighted by atomic mass is 32.1. The molecule has 0 spiro atoms. The van der Waals surface area contributed by atoms with Crippen LogP contribution in [0.25, 0.3) is 41.7 Å². The van der Waals surface area contributed by atoms with Crippen molar-refractivity contribution < 1.29 is 43.1 Å². The summed E-state index contributed by atoms with van der Waals surface area (Å²) in [5, 5.41) is 15.1. The number of ketones is 2. The zero-order valence-corrected chi connectivity index (χ0v) is 40.5. The highest BCUT2D eigenvalue weighted by Crippen LogP contribution is 2.47. The van der Waals surface area contributed by atoms with Gasteiger partial charge in [-0.05, 0) is 47.5 Å². The van der Waals surface area contributed by atoms with Crippen LogP contribution in [0.3, 0.4) is 0 Å². The number of hydrogen-bond donors (Lipinski definition) is 1. The number of aromatic nitrogens is 3. The number of aliphatic hydroxyl groups excluding tert-OH is 1. The van der Waals surface area contributed by atoms with E-state index in [4.69, 9.17) is 28.4 Å². The van der Waals surface area contributed by atoms with Gasteiger partial charge in [-0.15, -0.1) is 34.0 Å². The Morgan fingerprint density at radius 2 is 0.928 bits per heavy atom. The molecule has 12 nitrogen and oxygen atoms in total. The van der Waals surface area contributed by atoms with Gasteiger partial charge in [-0.1, -0.05) is 60.7 Å². The first-order valence-electron chi connectivity index (χ1n) is 21.7. The van der Waals surface area contributed by atoms with Gasteiger partial charge in [0, 0.05) is 95.3 Å². The molecule has 4 aromatic carbocycles. The van der Waals surface area contributed by atoms with Crippen molar-refractivity contribution in [2.45, 2.75) is 33.0 Å². The first kappa shape index (κ1) is 47.0. The quantitative estimate of drug-likeness (QED) is 0.117. The van der Waals surface area contributed by atoms with Crippen LogP contribution in [0.1, 0.15) is 56.9 Å². The van der Waals surface area contributed by atoms with Crippen LogP contribution in [0.4, 0.5) is 0 Å². The Balaban J connectivity index is 0.000000130. The van der Waals surface area contributed by atoms with E-state index in [0.717, 1.165) is 84.9 Å². The topological polar surface area (TPSA) is 148 Å². The van der Waals surface area contributed by atoms with Crippen LogP contribution in [-0.2, 0) is 42.5 Å². The molecule has 10 aromatic rings. The van der Waals surface area contributed by atoms with Gasteiger partial charge in [-0.2, -0.15) is 0 Å². The van der Waals surface area contributed by atoms with Gasteiger partial charge in [0.1, 0.15) is 23.0 Å². The van der Waals surface area contributed by atoms with Crippen molar-refractivity contribution in [2.24, 2.45) is 0 Å². The summed E-state index contributed by atoms with van der Waals surface area (Å²) in [7, 11) is 6.69. The first-order valence-corrected chi connectivity index (χ1v) is 24.1. The lowest BCUT2D eigenvalue weighted by molar-refractivity contribution is 0.0981. The number of aliphatic hydroxyl groups is 1. The number of hydrogen-bond acceptors (Lipinski definition) is 15. The molecule has 0 amide bonds. The van der Waals surface area contributed by atoms with Crippen LogP contribution in [0, 0.1) is 0 Å². The largest absolute Gasteiger partial charge is 0.495 e. The Morgan fingerprint density at radius 1 is 0.449 bits per heavy atom. The van der Waals surface area contributed by atoms with E-state index in [-0.39, 0.29) is 18.2 Å². The number of fused-ring (bicyclic) bond motifs is 6. The van der Waals surface area contributed by atoms with E-state index < -0.39 is 0 Å². The number of ether oxygens (including phenoxy) is 6. The number of carbonyl (C=O) groups excluding carboxylic acids is 2. The van der Waals surface area contributed by atoms with Crippen LogP contribution in [0.2, 0.25) is 0 Å². The van der Waals surface area contributed by atoms with Gasteiger partial charge in [0.2, 0.25) is 5.78 Å². The minimum Gasteiger partial charge on any atom is -0.495 e. The molecule has 0 unspecified atom stereocenters. The average Bonchev–Trinajstić information content (AvgIpc) is 4.15. The van der Waals surface area contributed by atoms with Crippen LogP contribution < -0.4 is 18.9 Å². The molecule has 0 bridgehead atoms. The summed E-state index contributed by atoms with van der Waals surface area (Å²) in [6.07, 6.45) is 10.1. The molecule has 11 rings (SSSR count). The fourth-order valence-electron chi connectivity index (χ4n) is 8.21. The van der Waals surface area contributed by atoms with Gasteiger partial charge in [-0.3, -0.25) is 24.5 Å². The summed E-state index contributed by atoms with van der Waals surface area (Å²) in [6, 6.07) is 31.4. The predicted molar refractivity (Wildman–Crippen MR) is 272 cm³/mol. The summed E-state index contributed by atoms with van der Waals surface area (Å²) in [4.78, 5) is 40.8. The third kappa shape index (κ3) is 9.65. The zero-order valence-electron chi connectivity index (χ0n) is 38.0. The fourth-order valence-corrected chi connectivity index (χ4v) is 11.4. The van der Waals surface area contributed by atoms with Gasteiger partial charge in [0.05, 0.1) is 81.3 Å². The molecule has 0 saturated carbocycles. The molecule has 348 valence electrons. The molecule has 1 N–H and O–H groups in total. The minimum absolute atomic E-state index is 0.0141. The number of methoxy groups -OCH3 is 4. The maximum atomic E-state index is 12.6. The maximum absolute atomic E-state index is 12.6. The maximum Gasteiger partial charge on any atom is 0.204 e. The standard InChI is InChI=1S/C21H19NO3S.C19H13NO3S.C14H13NO3S/c1-23-19-17-10-15(13-25-12-14-6-4-3-5-7-14)26-21(17)20(24-2)16-8-9-22-11-18(16)19;21-17-15-8-13(11-23-10-12-4-2-1-3-5-12)24-19(15)18(22)14-6-7-20-9-16(14)17;1-17-12-10-5-8(7-16)19-14(10)13(18-2)9-3-4-15-6-11(9)12/h3-11H,12-13H2,1-2H3;1-9H,10-11H2;3-6,16H,7H2,1-2H3. The molecule has 6 heterocycles. The van der Waals surface area contributed by atoms with E-state index >= 15 is 0 Å². The molecule has 0 aliphatic heterocycles. The molecule has 6 aromatic heterocycles. The van der Waals surface area contributed by atoms with Crippen molar-refractivity contribution >= 4 is 87.3 Å². The smallest absolute Gasteiger partial charge is 0.204 e. The highest BCUT2D eigenvalue weighted by Gasteiger charge is 2.32. The average molecular weight is 976 g/mol. The number of thiophene rings is 3. The summed E-state index contributed by atoms with van der Waals surface area (Å²) < 4.78 is 36.1. The number of pyridine rings is 3. The van der Waals surface area contributed by atoms with E-state index in [2.05, 4.69) is 33.2 Å². The van der Waals surface area contributed by atoms with Gasteiger partial charge in [-0.25, -0.2) is 0 Å². The lowest BCUT2D eigenvalue weighted by Gasteiger charge is -2.12. The second-order valence-electron chi connectivity index (χ2n) is 15.5. The zero-order chi connectivity index (χ0) is 47.9. The van der Waals surface area contributed by atoms with Crippen molar-refractivity contribution in [1.29, 1.82) is 0 Å². The summed E-state index contributed by atoms with van der Waals surface area (Å²) >= 11 is 4.53. The van der Waals surface area contributed by atoms with Crippen molar-refractivity contribution in [1.82, 2.24) is 15.0 Å². The molecule has 15 heteroatoms. The highest BCUT2D eigenvalue weighted by molar-refractivity contribution is 7.20. The second-order valence-corrected chi connectivity index (χ2v) is 18.9. The third-order valence-electron chi connectivity index (χ3n) is 11.3. The van der Waals surface area contributed by atoms with E-state index in [1.807, 2.05) is 72.9 Å². The minimum atomic E-state index is -0.141. The van der Waals surface area contributed by atoms with Gasteiger partial charge in [0.15, 0.2) is 5.78 Å². The van der Waals surface area contributed by atoms with Crippen molar-refractivity contribution in [2.75, 3.05) is 28.4 Å². The normalized spacial score (nSPS) is 11.7. The molecular formula is C54H45N3O9S3. The summed E-state index contributed by atoms with van der Waals surface area (Å²) in [6.45, 7) is 2.03. The van der Waals surface area contributed by atoms with Crippen LogP contribution >= 0.6 is 34.0 Å². The molecule has 1 aliphatic rings. The van der Waals surface area contributed by atoms with E-state index in [0.29, 0.717) is 48.0 Å². The molecule has 0 fully saturated rings. The second kappa shape index (κ2) is 21.5. The van der Waals surface area contributed by atoms with E-state index in [9.17, 15) is 14.7 Å². The molecular weight excluding hydrogens is 931 g/mol. The Bertz CT molecular complexity index is 3270.